The quantitative estimate of drug-likeness (QED) is 0.663. The number of rotatable bonds is 6. The number of nitriles is 1. The van der Waals surface area contributed by atoms with E-state index in [1.165, 1.54) is 28.6 Å². The van der Waals surface area contributed by atoms with Crippen molar-refractivity contribution in [3.63, 3.8) is 0 Å². The van der Waals surface area contributed by atoms with Crippen LogP contribution in [-0.4, -0.2) is 31.7 Å². The number of carbonyl (C=O) groups is 1. The highest BCUT2D eigenvalue weighted by Crippen LogP contribution is 2.26. The summed E-state index contributed by atoms with van der Waals surface area (Å²) in [4.78, 5) is 13.0. The Balaban J connectivity index is 1.60. The second-order valence-electron chi connectivity index (χ2n) is 7.34. The third-order valence-electron chi connectivity index (χ3n) is 5.44. The zero-order chi connectivity index (χ0) is 21.7. The Labute approximate surface area is 186 Å². The first-order chi connectivity index (χ1) is 14.3. The molecule has 0 aromatic heterocycles. The number of benzene rings is 2. The van der Waals surface area contributed by atoms with Gasteiger partial charge in [0, 0.05) is 23.5 Å². The molecule has 1 aliphatic heterocycles. The predicted octanol–water partition coefficient (Wildman–Crippen LogP) is 3.99. The van der Waals surface area contributed by atoms with Crippen molar-refractivity contribution in [1.29, 1.82) is 5.26 Å². The van der Waals surface area contributed by atoms with Gasteiger partial charge in [0.25, 0.3) is 0 Å². The van der Waals surface area contributed by atoms with Crippen LogP contribution in [0.1, 0.15) is 43.4 Å². The SMILES string of the molecule is CCC(NC(=O)C1CCN(S(=O)(=O)c2ccc(C#N)cc2)CC1)c1ccc(Br)cc1. The fourth-order valence-corrected chi connectivity index (χ4v) is 5.35. The van der Waals surface area contributed by atoms with Crippen molar-refractivity contribution in [2.45, 2.75) is 37.1 Å². The monoisotopic (exact) mass is 489 g/mol. The fraction of sp³-hybridized carbons (Fsp3) is 0.364. The topological polar surface area (TPSA) is 90.3 Å². The zero-order valence-electron chi connectivity index (χ0n) is 16.7. The lowest BCUT2D eigenvalue weighted by Gasteiger charge is -2.31. The first-order valence-electron chi connectivity index (χ1n) is 9.91. The highest BCUT2D eigenvalue weighted by Gasteiger charge is 2.32. The molecule has 2 aromatic carbocycles. The minimum Gasteiger partial charge on any atom is -0.349 e. The normalized spacial score (nSPS) is 16.6. The molecule has 1 fully saturated rings. The molecule has 1 unspecified atom stereocenters. The molecule has 0 bridgehead atoms. The maximum absolute atomic E-state index is 12.8. The molecule has 1 N–H and O–H groups in total. The van der Waals surface area contributed by atoms with Crippen LogP contribution < -0.4 is 5.32 Å². The van der Waals surface area contributed by atoms with Crippen molar-refractivity contribution >= 4 is 31.9 Å². The molecule has 30 heavy (non-hydrogen) atoms. The van der Waals surface area contributed by atoms with E-state index in [-0.39, 0.29) is 22.8 Å². The van der Waals surface area contributed by atoms with E-state index in [1.54, 1.807) is 0 Å². The number of nitrogens with zero attached hydrogens (tertiary/aromatic N) is 2. The molecule has 2 aromatic rings. The summed E-state index contributed by atoms with van der Waals surface area (Å²) in [5.74, 6) is -0.234. The van der Waals surface area contributed by atoms with E-state index in [2.05, 4.69) is 21.2 Å². The summed E-state index contributed by atoms with van der Waals surface area (Å²) in [5.41, 5.74) is 1.47. The Morgan fingerprint density at radius 2 is 1.77 bits per heavy atom. The van der Waals surface area contributed by atoms with E-state index in [1.807, 2.05) is 37.3 Å². The van der Waals surface area contributed by atoms with Crippen molar-refractivity contribution in [2.75, 3.05) is 13.1 Å². The molecular formula is C22H24BrN3O3S. The Kier molecular flexibility index (Phi) is 7.29. The van der Waals surface area contributed by atoms with Gasteiger partial charge < -0.3 is 5.32 Å². The molecule has 0 spiro atoms. The van der Waals surface area contributed by atoms with E-state index in [0.29, 0.717) is 31.5 Å². The van der Waals surface area contributed by atoms with Crippen molar-refractivity contribution < 1.29 is 13.2 Å². The number of halogens is 1. The molecule has 1 aliphatic rings. The van der Waals surface area contributed by atoms with E-state index in [0.717, 1.165) is 16.5 Å². The molecule has 1 atom stereocenters. The van der Waals surface area contributed by atoms with Crippen LogP contribution in [0.15, 0.2) is 57.9 Å². The zero-order valence-corrected chi connectivity index (χ0v) is 19.1. The number of hydrogen-bond donors (Lipinski definition) is 1. The molecule has 1 heterocycles. The Morgan fingerprint density at radius 3 is 2.30 bits per heavy atom. The van der Waals surface area contributed by atoms with Crippen molar-refractivity contribution in [1.82, 2.24) is 9.62 Å². The number of carbonyl (C=O) groups excluding carboxylic acids is 1. The first kappa shape index (κ1) is 22.5. The van der Waals surface area contributed by atoms with Crippen LogP contribution in [-0.2, 0) is 14.8 Å². The molecule has 6 nitrogen and oxygen atoms in total. The second kappa shape index (κ2) is 9.73. The smallest absolute Gasteiger partial charge is 0.243 e. The van der Waals surface area contributed by atoms with Crippen LogP contribution in [0, 0.1) is 17.2 Å². The summed E-state index contributed by atoms with van der Waals surface area (Å²) in [6, 6.07) is 15.7. The van der Waals surface area contributed by atoms with Gasteiger partial charge in [0.05, 0.1) is 22.6 Å². The third kappa shape index (κ3) is 5.09. The van der Waals surface area contributed by atoms with E-state index in [4.69, 9.17) is 5.26 Å². The summed E-state index contributed by atoms with van der Waals surface area (Å²) < 4.78 is 28.1. The standard InChI is InChI=1S/C22H24BrN3O3S/c1-2-21(17-5-7-19(23)8-6-17)25-22(27)18-11-13-26(14-12-18)30(28,29)20-9-3-16(15-24)4-10-20/h3-10,18,21H,2,11-14H2,1H3,(H,25,27). The van der Waals surface area contributed by atoms with Gasteiger partial charge in [-0.05, 0) is 61.2 Å². The van der Waals surface area contributed by atoms with Crippen LogP contribution in [0.25, 0.3) is 0 Å². The molecule has 158 valence electrons. The van der Waals surface area contributed by atoms with Crippen LogP contribution in [0.4, 0.5) is 0 Å². The van der Waals surface area contributed by atoms with Crippen LogP contribution in [0.3, 0.4) is 0 Å². The number of hydrogen-bond acceptors (Lipinski definition) is 4. The van der Waals surface area contributed by atoms with E-state index in [9.17, 15) is 13.2 Å². The number of amides is 1. The summed E-state index contributed by atoms with van der Waals surface area (Å²) >= 11 is 3.42. The van der Waals surface area contributed by atoms with E-state index >= 15 is 0 Å². The van der Waals surface area contributed by atoms with Crippen LogP contribution in [0.2, 0.25) is 0 Å². The van der Waals surface area contributed by atoms with Crippen molar-refractivity contribution in [3.05, 3.63) is 64.1 Å². The molecule has 3 rings (SSSR count). The molecular weight excluding hydrogens is 466 g/mol. The highest BCUT2D eigenvalue weighted by molar-refractivity contribution is 9.10. The number of nitrogens with one attached hydrogen (secondary N) is 1. The summed E-state index contributed by atoms with van der Waals surface area (Å²) in [7, 11) is -3.62. The largest absolute Gasteiger partial charge is 0.349 e. The Morgan fingerprint density at radius 1 is 1.17 bits per heavy atom. The van der Waals surface area contributed by atoms with Gasteiger partial charge in [-0.3, -0.25) is 4.79 Å². The molecule has 1 saturated heterocycles. The minimum absolute atomic E-state index is 0.0276. The second-order valence-corrected chi connectivity index (χ2v) is 10.2. The van der Waals surface area contributed by atoms with Gasteiger partial charge in [-0.1, -0.05) is 35.0 Å². The average molecular weight is 490 g/mol. The maximum atomic E-state index is 12.8. The number of sulfonamides is 1. The van der Waals surface area contributed by atoms with Crippen molar-refractivity contribution in [3.8, 4) is 6.07 Å². The Hall–Kier alpha value is -2.21. The summed E-state index contributed by atoms with van der Waals surface area (Å²) in [6.45, 7) is 2.63. The Bertz CT molecular complexity index is 1020. The van der Waals surface area contributed by atoms with E-state index < -0.39 is 10.0 Å². The van der Waals surface area contributed by atoms with Gasteiger partial charge in [-0.15, -0.1) is 0 Å². The molecule has 1 amide bonds. The lowest BCUT2D eigenvalue weighted by molar-refractivity contribution is -0.126. The van der Waals surface area contributed by atoms with Gasteiger partial charge in [0.1, 0.15) is 0 Å². The van der Waals surface area contributed by atoms with Crippen LogP contribution >= 0.6 is 15.9 Å². The lowest BCUT2D eigenvalue weighted by Crippen LogP contribution is -2.43. The molecule has 0 radical (unpaired) electrons. The van der Waals surface area contributed by atoms with Gasteiger partial charge in [0.2, 0.25) is 15.9 Å². The predicted molar refractivity (Wildman–Crippen MR) is 118 cm³/mol. The first-order valence-corrected chi connectivity index (χ1v) is 12.1. The molecule has 8 heteroatoms. The molecule has 0 saturated carbocycles. The molecule has 0 aliphatic carbocycles. The summed E-state index contributed by atoms with van der Waals surface area (Å²) in [5, 5.41) is 12.0. The van der Waals surface area contributed by atoms with Gasteiger partial charge in [-0.2, -0.15) is 9.57 Å². The third-order valence-corrected chi connectivity index (χ3v) is 7.88. The highest BCUT2D eigenvalue weighted by atomic mass is 79.9. The van der Waals surface area contributed by atoms with Gasteiger partial charge >= 0.3 is 0 Å². The van der Waals surface area contributed by atoms with Crippen LogP contribution in [0.5, 0.6) is 0 Å². The average Bonchev–Trinajstić information content (AvgIpc) is 2.78. The number of piperidine rings is 1. The van der Waals surface area contributed by atoms with Gasteiger partial charge in [-0.25, -0.2) is 8.42 Å². The minimum atomic E-state index is -3.62. The van der Waals surface area contributed by atoms with Gasteiger partial charge in [0.15, 0.2) is 0 Å². The maximum Gasteiger partial charge on any atom is 0.243 e. The summed E-state index contributed by atoms with van der Waals surface area (Å²) in [6.07, 6.45) is 1.75. The van der Waals surface area contributed by atoms with Crippen molar-refractivity contribution in [2.24, 2.45) is 5.92 Å². The lowest BCUT2D eigenvalue weighted by atomic mass is 9.96. The fourth-order valence-electron chi connectivity index (χ4n) is 3.61.